The lowest BCUT2D eigenvalue weighted by atomic mass is 10.0. The van der Waals surface area contributed by atoms with Crippen LogP contribution >= 0.6 is 11.8 Å². The molecule has 2 aliphatic rings. The molecular weight excluding hydrogens is 350 g/mol. The average Bonchev–Trinajstić information content (AvgIpc) is 2.97. The third kappa shape index (κ3) is 4.42. The largest absolute Gasteiger partial charge is 0.341 e. The Hall–Kier alpha value is -1.93. The molecular formula is C18H25N5O2S. The van der Waals surface area contributed by atoms with E-state index in [9.17, 15) is 9.59 Å². The van der Waals surface area contributed by atoms with Crippen molar-refractivity contribution in [2.45, 2.75) is 39.2 Å². The van der Waals surface area contributed by atoms with E-state index in [1.165, 1.54) is 6.42 Å². The summed E-state index contributed by atoms with van der Waals surface area (Å²) in [4.78, 5) is 37.0. The highest BCUT2D eigenvalue weighted by molar-refractivity contribution is 8.18. The zero-order valence-electron chi connectivity index (χ0n) is 15.3. The third-order valence-corrected chi connectivity index (χ3v) is 5.58. The zero-order chi connectivity index (χ0) is 18.5. The first-order chi connectivity index (χ1) is 12.6. The van der Waals surface area contributed by atoms with Crippen LogP contribution in [-0.4, -0.2) is 58.2 Å². The quantitative estimate of drug-likeness (QED) is 0.765. The Labute approximate surface area is 158 Å². The number of carbonyl (C=O) groups excluding carboxylic acids is 2. The van der Waals surface area contributed by atoms with Crippen molar-refractivity contribution in [1.82, 2.24) is 20.2 Å². The van der Waals surface area contributed by atoms with Crippen molar-refractivity contribution in [3.63, 3.8) is 0 Å². The van der Waals surface area contributed by atoms with E-state index in [4.69, 9.17) is 0 Å². The van der Waals surface area contributed by atoms with E-state index in [0.717, 1.165) is 50.8 Å². The topological polar surface area (TPSA) is 78.4 Å². The SMILES string of the molecule is CCCN(CC)C1CCN(c2nccc(C=C3SC(=O)NC3=O)n2)CC1. The Morgan fingerprint density at radius 1 is 1.35 bits per heavy atom. The molecule has 0 atom stereocenters. The number of rotatable bonds is 6. The van der Waals surface area contributed by atoms with Crippen LogP contribution in [0.2, 0.25) is 0 Å². The molecule has 1 aromatic heterocycles. The van der Waals surface area contributed by atoms with E-state index in [-0.39, 0.29) is 11.1 Å². The van der Waals surface area contributed by atoms with Crippen molar-refractivity contribution in [1.29, 1.82) is 0 Å². The molecule has 7 nitrogen and oxygen atoms in total. The predicted octanol–water partition coefficient (Wildman–Crippen LogP) is 2.50. The number of nitrogens with zero attached hydrogens (tertiary/aromatic N) is 4. The van der Waals surface area contributed by atoms with Crippen molar-refractivity contribution in [3.05, 3.63) is 22.9 Å². The Bertz CT molecular complexity index is 701. The summed E-state index contributed by atoms with van der Waals surface area (Å²) in [6, 6.07) is 2.38. The fourth-order valence-electron chi connectivity index (χ4n) is 3.47. The average molecular weight is 375 g/mol. The summed E-state index contributed by atoms with van der Waals surface area (Å²) >= 11 is 0.903. The molecule has 0 saturated carbocycles. The summed E-state index contributed by atoms with van der Waals surface area (Å²) in [6.45, 7) is 8.55. The molecule has 0 bridgehead atoms. The number of carbonyl (C=O) groups is 2. The van der Waals surface area contributed by atoms with E-state index in [1.54, 1.807) is 18.3 Å². The van der Waals surface area contributed by atoms with Gasteiger partial charge < -0.3 is 9.80 Å². The fourth-order valence-corrected chi connectivity index (χ4v) is 4.13. The van der Waals surface area contributed by atoms with Crippen LogP contribution < -0.4 is 10.2 Å². The summed E-state index contributed by atoms with van der Waals surface area (Å²) in [7, 11) is 0. The predicted molar refractivity (Wildman–Crippen MR) is 104 cm³/mol. The highest BCUT2D eigenvalue weighted by atomic mass is 32.2. The van der Waals surface area contributed by atoms with Crippen molar-refractivity contribution in [2.24, 2.45) is 0 Å². The molecule has 0 aliphatic carbocycles. The van der Waals surface area contributed by atoms with Gasteiger partial charge in [-0.25, -0.2) is 9.97 Å². The molecule has 1 aromatic rings. The van der Waals surface area contributed by atoms with Crippen LogP contribution in [0.4, 0.5) is 10.7 Å². The number of hydrogen-bond acceptors (Lipinski definition) is 7. The molecule has 0 radical (unpaired) electrons. The van der Waals surface area contributed by atoms with Gasteiger partial charge >= 0.3 is 0 Å². The molecule has 8 heteroatoms. The molecule has 0 spiro atoms. The summed E-state index contributed by atoms with van der Waals surface area (Å²) in [5.41, 5.74) is 0.644. The standard InChI is InChI=1S/C18H25N5O2S/c1-3-9-22(4-2)14-6-10-23(11-7-14)17-19-8-5-13(20-17)12-15-16(24)21-18(25)26-15/h5,8,12,14H,3-4,6-7,9-11H2,1-2H3,(H,21,24,25). The molecule has 1 N–H and O–H groups in total. The summed E-state index contributed by atoms with van der Waals surface area (Å²) in [5, 5.41) is 1.91. The van der Waals surface area contributed by atoms with Gasteiger partial charge in [0.25, 0.3) is 11.1 Å². The highest BCUT2D eigenvalue weighted by Crippen LogP contribution is 2.26. The van der Waals surface area contributed by atoms with Crippen LogP contribution in [0.25, 0.3) is 6.08 Å². The maximum atomic E-state index is 11.7. The van der Waals surface area contributed by atoms with E-state index in [2.05, 4.69) is 38.9 Å². The first-order valence-electron chi connectivity index (χ1n) is 9.17. The molecule has 26 heavy (non-hydrogen) atoms. The van der Waals surface area contributed by atoms with Crippen LogP contribution in [0.3, 0.4) is 0 Å². The normalized spacial score (nSPS) is 20.3. The lowest BCUT2D eigenvalue weighted by molar-refractivity contribution is -0.115. The molecule has 2 aliphatic heterocycles. The van der Waals surface area contributed by atoms with Crippen molar-refractivity contribution < 1.29 is 9.59 Å². The van der Waals surface area contributed by atoms with E-state index >= 15 is 0 Å². The summed E-state index contributed by atoms with van der Waals surface area (Å²) in [6.07, 6.45) is 6.74. The first kappa shape index (κ1) is 18.8. The Kier molecular flexibility index (Phi) is 6.26. The molecule has 3 rings (SSSR count). The second-order valence-corrected chi connectivity index (χ2v) is 7.50. The smallest absolute Gasteiger partial charge is 0.290 e. The maximum Gasteiger partial charge on any atom is 0.290 e. The van der Waals surface area contributed by atoms with Crippen LogP contribution in [0.5, 0.6) is 0 Å². The molecule has 3 heterocycles. The molecule has 2 fully saturated rings. The van der Waals surface area contributed by atoms with Gasteiger partial charge in [0.2, 0.25) is 5.95 Å². The number of anilines is 1. The van der Waals surface area contributed by atoms with Gasteiger partial charge in [-0.05, 0) is 56.3 Å². The minimum absolute atomic E-state index is 0.342. The van der Waals surface area contributed by atoms with Gasteiger partial charge in [-0.2, -0.15) is 0 Å². The van der Waals surface area contributed by atoms with Gasteiger partial charge in [0.1, 0.15) is 0 Å². The number of piperidine rings is 1. The summed E-state index contributed by atoms with van der Waals surface area (Å²) < 4.78 is 0. The molecule has 140 valence electrons. The third-order valence-electron chi connectivity index (χ3n) is 4.77. The minimum Gasteiger partial charge on any atom is -0.341 e. The van der Waals surface area contributed by atoms with E-state index in [0.29, 0.717) is 22.6 Å². The molecule has 0 unspecified atom stereocenters. The first-order valence-corrected chi connectivity index (χ1v) is 9.99. The lowest BCUT2D eigenvalue weighted by Crippen LogP contribution is -2.45. The van der Waals surface area contributed by atoms with Gasteiger partial charge in [-0.15, -0.1) is 0 Å². The van der Waals surface area contributed by atoms with Gasteiger partial charge in [-0.1, -0.05) is 13.8 Å². The Morgan fingerprint density at radius 3 is 2.73 bits per heavy atom. The number of hydrogen-bond donors (Lipinski definition) is 1. The number of amides is 2. The number of aromatic nitrogens is 2. The monoisotopic (exact) mass is 375 g/mol. The summed E-state index contributed by atoms with van der Waals surface area (Å²) in [5.74, 6) is 0.322. The highest BCUT2D eigenvalue weighted by Gasteiger charge is 2.26. The second-order valence-electron chi connectivity index (χ2n) is 6.48. The lowest BCUT2D eigenvalue weighted by Gasteiger charge is -2.38. The number of nitrogens with one attached hydrogen (secondary N) is 1. The van der Waals surface area contributed by atoms with Crippen LogP contribution in [0.1, 0.15) is 38.8 Å². The van der Waals surface area contributed by atoms with Gasteiger partial charge in [0.15, 0.2) is 0 Å². The van der Waals surface area contributed by atoms with E-state index < -0.39 is 0 Å². The zero-order valence-corrected chi connectivity index (χ0v) is 16.1. The van der Waals surface area contributed by atoms with Crippen LogP contribution in [0, 0.1) is 0 Å². The second kappa shape index (κ2) is 8.64. The fraction of sp³-hybridized carbons (Fsp3) is 0.556. The van der Waals surface area contributed by atoms with Crippen LogP contribution in [0.15, 0.2) is 17.2 Å². The molecule has 2 saturated heterocycles. The Balaban J connectivity index is 1.65. The molecule has 0 aromatic carbocycles. The minimum atomic E-state index is -0.364. The van der Waals surface area contributed by atoms with Gasteiger partial charge in [-0.3, -0.25) is 14.9 Å². The van der Waals surface area contributed by atoms with Gasteiger partial charge in [0.05, 0.1) is 10.6 Å². The van der Waals surface area contributed by atoms with E-state index in [1.807, 2.05) is 0 Å². The number of imide groups is 1. The van der Waals surface area contributed by atoms with Crippen molar-refractivity contribution in [3.8, 4) is 0 Å². The molecule has 2 amide bonds. The van der Waals surface area contributed by atoms with Crippen LogP contribution in [-0.2, 0) is 4.79 Å². The van der Waals surface area contributed by atoms with Crippen molar-refractivity contribution >= 4 is 34.9 Å². The van der Waals surface area contributed by atoms with Crippen molar-refractivity contribution in [2.75, 3.05) is 31.1 Å². The van der Waals surface area contributed by atoms with Gasteiger partial charge in [0, 0.05) is 25.3 Å². The Morgan fingerprint density at radius 2 is 2.12 bits per heavy atom. The maximum absolute atomic E-state index is 11.7. The number of thioether (sulfide) groups is 1.